The fourth-order valence-electron chi connectivity index (χ4n) is 1.12. The molecule has 0 aromatic rings. The SMILES string of the molecule is CCCCCC(C)=C(C)OC(C)=O. The van der Waals surface area contributed by atoms with Gasteiger partial charge in [-0.25, -0.2) is 0 Å². The maximum absolute atomic E-state index is 10.6. The van der Waals surface area contributed by atoms with Crippen LogP contribution >= 0.6 is 0 Å². The molecule has 2 nitrogen and oxygen atoms in total. The summed E-state index contributed by atoms with van der Waals surface area (Å²) in [6, 6.07) is 0. The van der Waals surface area contributed by atoms with Crippen LogP contribution in [-0.4, -0.2) is 5.97 Å². The van der Waals surface area contributed by atoms with Crippen LogP contribution in [0.1, 0.15) is 53.4 Å². The number of carbonyl (C=O) groups is 1. The van der Waals surface area contributed by atoms with Gasteiger partial charge in [0.25, 0.3) is 0 Å². The van der Waals surface area contributed by atoms with Gasteiger partial charge in [-0.15, -0.1) is 0 Å². The lowest BCUT2D eigenvalue weighted by Crippen LogP contribution is -1.98. The van der Waals surface area contributed by atoms with E-state index in [1.165, 1.54) is 31.8 Å². The van der Waals surface area contributed by atoms with Crippen LogP contribution in [0.5, 0.6) is 0 Å². The number of unbranched alkanes of at least 4 members (excludes halogenated alkanes) is 2. The molecule has 0 atom stereocenters. The van der Waals surface area contributed by atoms with E-state index in [2.05, 4.69) is 6.92 Å². The van der Waals surface area contributed by atoms with Crippen LogP contribution in [0.25, 0.3) is 0 Å². The lowest BCUT2D eigenvalue weighted by Gasteiger charge is -2.06. The Morgan fingerprint density at radius 3 is 2.23 bits per heavy atom. The normalized spacial score (nSPS) is 12.3. The van der Waals surface area contributed by atoms with Crippen molar-refractivity contribution in [3.63, 3.8) is 0 Å². The Balaban J connectivity index is 3.88. The van der Waals surface area contributed by atoms with Gasteiger partial charge in [-0.3, -0.25) is 4.79 Å². The molecule has 0 heterocycles. The van der Waals surface area contributed by atoms with Gasteiger partial charge in [0.05, 0.1) is 0 Å². The molecular formula is C11H20O2. The Kier molecular flexibility index (Phi) is 6.29. The molecule has 0 unspecified atom stereocenters. The number of carbonyl (C=O) groups excluding carboxylic acids is 1. The highest BCUT2D eigenvalue weighted by molar-refractivity contribution is 5.67. The molecule has 0 aliphatic carbocycles. The van der Waals surface area contributed by atoms with Crippen molar-refractivity contribution in [3.05, 3.63) is 11.3 Å². The second-order valence-electron chi connectivity index (χ2n) is 3.39. The molecule has 0 aromatic carbocycles. The quantitative estimate of drug-likeness (QED) is 0.372. The fraction of sp³-hybridized carbons (Fsp3) is 0.727. The van der Waals surface area contributed by atoms with Crippen LogP contribution in [0.4, 0.5) is 0 Å². The van der Waals surface area contributed by atoms with E-state index in [0.717, 1.165) is 12.2 Å². The van der Waals surface area contributed by atoms with E-state index < -0.39 is 0 Å². The third-order valence-corrected chi connectivity index (χ3v) is 2.05. The fourth-order valence-corrected chi connectivity index (χ4v) is 1.12. The van der Waals surface area contributed by atoms with Crippen molar-refractivity contribution in [1.82, 2.24) is 0 Å². The zero-order valence-corrected chi connectivity index (χ0v) is 9.14. The lowest BCUT2D eigenvalue weighted by molar-refractivity contribution is -0.136. The Hall–Kier alpha value is -0.790. The summed E-state index contributed by atoms with van der Waals surface area (Å²) < 4.78 is 4.98. The Labute approximate surface area is 81.0 Å². The molecule has 0 aromatic heterocycles. The molecule has 0 aliphatic rings. The first-order chi connectivity index (χ1) is 6.07. The van der Waals surface area contributed by atoms with Crippen molar-refractivity contribution in [2.24, 2.45) is 0 Å². The van der Waals surface area contributed by atoms with E-state index in [1.54, 1.807) is 0 Å². The van der Waals surface area contributed by atoms with Gasteiger partial charge >= 0.3 is 5.97 Å². The molecule has 0 rings (SSSR count). The summed E-state index contributed by atoms with van der Waals surface area (Å²) in [5.74, 6) is 0.538. The van der Waals surface area contributed by atoms with E-state index in [4.69, 9.17) is 4.74 Å². The number of hydrogen-bond acceptors (Lipinski definition) is 2. The van der Waals surface area contributed by atoms with E-state index in [9.17, 15) is 4.79 Å². The number of esters is 1. The average molecular weight is 184 g/mol. The van der Waals surface area contributed by atoms with Gasteiger partial charge in [-0.1, -0.05) is 19.8 Å². The number of rotatable bonds is 5. The van der Waals surface area contributed by atoms with Gasteiger partial charge in [0.1, 0.15) is 5.76 Å². The van der Waals surface area contributed by atoms with Crippen LogP contribution in [0, 0.1) is 0 Å². The van der Waals surface area contributed by atoms with Crippen LogP contribution in [-0.2, 0) is 9.53 Å². The molecule has 0 fully saturated rings. The topological polar surface area (TPSA) is 26.3 Å². The molecule has 0 saturated carbocycles. The molecule has 0 N–H and O–H groups in total. The highest BCUT2D eigenvalue weighted by Crippen LogP contribution is 2.13. The van der Waals surface area contributed by atoms with Crippen molar-refractivity contribution in [2.75, 3.05) is 0 Å². The van der Waals surface area contributed by atoms with Crippen LogP contribution in [0.3, 0.4) is 0 Å². The van der Waals surface area contributed by atoms with Gasteiger partial charge in [-0.05, 0) is 32.3 Å². The van der Waals surface area contributed by atoms with Crippen molar-refractivity contribution in [3.8, 4) is 0 Å². The number of ether oxygens (including phenoxy) is 1. The van der Waals surface area contributed by atoms with Crippen molar-refractivity contribution in [1.29, 1.82) is 0 Å². The highest BCUT2D eigenvalue weighted by Gasteiger charge is 2.00. The first-order valence-electron chi connectivity index (χ1n) is 4.92. The maximum atomic E-state index is 10.6. The van der Waals surface area contributed by atoms with Crippen LogP contribution < -0.4 is 0 Å². The van der Waals surface area contributed by atoms with Gasteiger partial charge in [0, 0.05) is 6.92 Å². The van der Waals surface area contributed by atoms with E-state index in [-0.39, 0.29) is 5.97 Å². The molecular weight excluding hydrogens is 164 g/mol. The molecule has 0 bridgehead atoms. The Morgan fingerprint density at radius 2 is 1.77 bits per heavy atom. The monoisotopic (exact) mass is 184 g/mol. The second-order valence-corrected chi connectivity index (χ2v) is 3.39. The standard InChI is InChI=1S/C11H20O2/c1-5-6-7-8-9(2)10(3)13-11(4)12/h5-8H2,1-4H3. The Morgan fingerprint density at radius 1 is 1.15 bits per heavy atom. The molecule has 0 spiro atoms. The molecule has 0 radical (unpaired) electrons. The summed E-state index contributed by atoms with van der Waals surface area (Å²) in [5.41, 5.74) is 1.18. The van der Waals surface area contributed by atoms with E-state index in [0.29, 0.717) is 0 Å². The van der Waals surface area contributed by atoms with Crippen molar-refractivity contribution < 1.29 is 9.53 Å². The van der Waals surface area contributed by atoms with E-state index >= 15 is 0 Å². The predicted molar refractivity (Wildman–Crippen MR) is 54.3 cm³/mol. The summed E-state index contributed by atoms with van der Waals surface area (Å²) in [7, 11) is 0. The first kappa shape index (κ1) is 12.2. The van der Waals surface area contributed by atoms with Gasteiger partial charge in [0.15, 0.2) is 0 Å². The largest absolute Gasteiger partial charge is 0.432 e. The minimum absolute atomic E-state index is 0.229. The number of allylic oxidation sites excluding steroid dienone is 2. The van der Waals surface area contributed by atoms with Gasteiger partial charge in [0.2, 0.25) is 0 Å². The summed E-state index contributed by atoms with van der Waals surface area (Å²) in [6.45, 7) is 7.48. The third-order valence-electron chi connectivity index (χ3n) is 2.05. The summed E-state index contributed by atoms with van der Waals surface area (Å²) in [4.78, 5) is 10.6. The minimum atomic E-state index is -0.229. The number of hydrogen-bond donors (Lipinski definition) is 0. The minimum Gasteiger partial charge on any atom is -0.432 e. The predicted octanol–water partition coefficient (Wildman–Crippen LogP) is 3.42. The van der Waals surface area contributed by atoms with Crippen LogP contribution in [0.15, 0.2) is 11.3 Å². The lowest BCUT2D eigenvalue weighted by atomic mass is 10.1. The average Bonchev–Trinajstić information content (AvgIpc) is 2.03. The Bertz CT molecular complexity index is 192. The van der Waals surface area contributed by atoms with Gasteiger partial charge in [-0.2, -0.15) is 0 Å². The summed E-state index contributed by atoms with van der Waals surface area (Å²) >= 11 is 0. The molecule has 2 heteroatoms. The smallest absolute Gasteiger partial charge is 0.307 e. The molecule has 13 heavy (non-hydrogen) atoms. The van der Waals surface area contributed by atoms with E-state index in [1.807, 2.05) is 13.8 Å². The molecule has 0 amide bonds. The van der Waals surface area contributed by atoms with Crippen molar-refractivity contribution >= 4 is 5.97 Å². The maximum Gasteiger partial charge on any atom is 0.307 e. The third kappa shape index (κ3) is 6.38. The molecule has 0 aliphatic heterocycles. The van der Waals surface area contributed by atoms with Crippen LogP contribution in [0.2, 0.25) is 0 Å². The summed E-state index contributed by atoms with van der Waals surface area (Å²) in [5, 5.41) is 0. The highest BCUT2D eigenvalue weighted by atomic mass is 16.5. The van der Waals surface area contributed by atoms with Crippen molar-refractivity contribution in [2.45, 2.75) is 53.4 Å². The zero-order valence-electron chi connectivity index (χ0n) is 9.14. The van der Waals surface area contributed by atoms with Gasteiger partial charge < -0.3 is 4.74 Å². The summed E-state index contributed by atoms with van der Waals surface area (Å²) in [6.07, 6.45) is 4.68. The zero-order chi connectivity index (χ0) is 10.3. The second kappa shape index (κ2) is 6.70. The first-order valence-corrected chi connectivity index (χ1v) is 4.92. The molecule has 76 valence electrons. The molecule has 0 saturated heterocycles.